The van der Waals surface area contributed by atoms with Crippen LogP contribution < -0.4 is 0 Å². The minimum atomic E-state index is -4.88. The number of hydrogen-bond acceptors (Lipinski definition) is 2. The molecule has 0 fully saturated rings. The number of aryl methyl sites for hydroxylation is 1. The van der Waals surface area contributed by atoms with Crippen LogP contribution >= 0.6 is 0 Å². The van der Waals surface area contributed by atoms with Gasteiger partial charge in [-0.3, -0.25) is 4.68 Å². The predicted molar refractivity (Wildman–Crippen MR) is 118 cm³/mol. The fraction of sp³-hybridized carbons (Fsp3) is 0.304. The van der Waals surface area contributed by atoms with Gasteiger partial charge in [-0.15, -0.1) is 0 Å². The van der Waals surface area contributed by atoms with Crippen LogP contribution in [0.1, 0.15) is 37.6 Å². The number of halogens is 7. The Labute approximate surface area is 217 Å². The molecule has 0 saturated heterocycles. The zero-order chi connectivity index (χ0) is 25.2. The van der Waals surface area contributed by atoms with Gasteiger partial charge in [0.25, 0.3) is 0 Å². The van der Waals surface area contributed by atoms with E-state index in [1.54, 1.807) is 20.8 Å². The maximum Gasteiger partial charge on any atom is 0.420 e. The molecular formula is C23H19F7N4Na. The Bertz CT molecular complexity index is 1390. The molecule has 0 atom stereocenters. The summed E-state index contributed by atoms with van der Waals surface area (Å²) in [6, 6.07) is 7.22. The van der Waals surface area contributed by atoms with Crippen molar-refractivity contribution in [3.05, 3.63) is 59.0 Å². The van der Waals surface area contributed by atoms with E-state index in [9.17, 15) is 30.7 Å². The summed E-state index contributed by atoms with van der Waals surface area (Å²) < 4.78 is 99.1. The number of aromatic amines is 1. The van der Waals surface area contributed by atoms with Crippen LogP contribution in [0.3, 0.4) is 0 Å². The zero-order valence-corrected chi connectivity index (χ0v) is 21.5. The number of benzene rings is 2. The van der Waals surface area contributed by atoms with Gasteiger partial charge in [-0.2, -0.15) is 31.4 Å². The number of nitrogens with zero attached hydrogens (tertiary/aromatic N) is 3. The Morgan fingerprint density at radius 2 is 1.54 bits per heavy atom. The van der Waals surface area contributed by atoms with Gasteiger partial charge in [0.05, 0.1) is 22.3 Å². The molecule has 0 spiro atoms. The zero-order valence-electron chi connectivity index (χ0n) is 19.5. The first-order chi connectivity index (χ1) is 15.6. The van der Waals surface area contributed by atoms with Gasteiger partial charge >= 0.3 is 12.4 Å². The number of imidazole rings is 1. The van der Waals surface area contributed by atoms with Crippen LogP contribution in [0.4, 0.5) is 30.7 Å². The number of nitrogens with one attached hydrogen (secondary N) is 1. The second kappa shape index (κ2) is 8.94. The Balaban J connectivity index is 0.00000342. The fourth-order valence-corrected chi connectivity index (χ4v) is 3.89. The Hall–Kier alpha value is -2.37. The normalized spacial score (nSPS) is 12.8. The quantitative estimate of drug-likeness (QED) is 0.242. The van der Waals surface area contributed by atoms with E-state index in [1.165, 1.54) is 31.3 Å². The van der Waals surface area contributed by atoms with Crippen molar-refractivity contribution in [1.82, 2.24) is 19.7 Å². The van der Waals surface area contributed by atoms with E-state index >= 15 is 0 Å². The average molecular weight is 507 g/mol. The van der Waals surface area contributed by atoms with E-state index in [0.29, 0.717) is 0 Å². The molecule has 0 unspecified atom stereocenters. The van der Waals surface area contributed by atoms with Crippen LogP contribution in [0.15, 0.2) is 36.4 Å². The van der Waals surface area contributed by atoms with E-state index < -0.39 is 51.7 Å². The van der Waals surface area contributed by atoms with E-state index in [2.05, 4.69) is 15.1 Å². The summed E-state index contributed by atoms with van der Waals surface area (Å²) in [5.41, 5.74) is -4.96. The number of alkyl halides is 6. The number of hydrogen-bond donors (Lipinski definition) is 1. The van der Waals surface area contributed by atoms with Crippen molar-refractivity contribution in [1.29, 1.82) is 0 Å². The smallest absolute Gasteiger partial charge is 0.336 e. The number of fused-ring (bicyclic) bond motifs is 1. The van der Waals surface area contributed by atoms with Crippen molar-refractivity contribution in [2.75, 3.05) is 0 Å². The molecule has 181 valence electrons. The topological polar surface area (TPSA) is 46.5 Å². The number of H-pyrrole nitrogens is 1. The maximum atomic E-state index is 14.3. The molecule has 0 aliphatic rings. The molecule has 2 heterocycles. The largest absolute Gasteiger partial charge is 0.420 e. The molecule has 1 N–H and O–H groups in total. The van der Waals surface area contributed by atoms with Gasteiger partial charge in [0, 0.05) is 47.6 Å². The minimum Gasteiger partial charge on any atom is -0.336 e. The van der Waals surface area contributed by atoms with Crippen molar-refractivity contribution < 1.29 is 30.7 Å². The summed E-state index contributed by atoms with van der Waals surface area (Å²) in [7, 11) is 1.27. The monoisotopic (exact) mass is 507 g/mol. The van der Waals surface area contributed by atoms with Crippen LogP contribution in [0.25, 0.3) is 33.7 Å². The molecule has 0 bridgehead atoms. The van der Waals surface area contributed by atoms with Crippen molar-refractivity contribution >= 4 is 40.6 Å². The molecule has 0 aliphatic heterocycles. The minimum absolute atomic E-state index is 0. The van der Waals surface area contributed by atoms with Gasteiger partial charge in [0.2, 0.25) is 0 Å². The number of rotatable bonds is 2. The first-order valence-corrected chi connectivity index (χ1v) is 10.1. The summed E-state index contributed by atoms with van der Waals surface area (Å²) in [6.45, 7) is 4.65. The molecule has 2 aromatic carbocycles. The van der Waals surface area contributed by atoms with Crippen LogP contribution in [0, 0.1) is 5.82 Å². The van der Waals surface area contributed by atoms with E-state index in [-0.39, 0.29) is 51.9 Å². The predicted octanol–water partition coefficient (Wildman–Crippen LogP) is 6.72. The first kappa shape index (κ1) is 27.2. The van der Waals surface area contributed by atoms with Crippen molar-refractivity contribution in [2.24, 2.45) is 7.05 Å². The molecule has 4 nitrogen and oxygen atoms in total. The van der Waals surface area contributed by atoms with Crippen LogP contribution in [-0.4, -0.2) is 49.3 Å². The average Bonchev–Trinajstić information content (AvgIpc) is 3.26. The molecular weight excluding hydrogens is 488 g/mol. The van der Waals surface area contributed by atoms with Crippen LogP contribution in [-0.2, 0) is 24.8 Å². The molecule has 4 aromatic rings. The van der Waals surface area contributed by atoms with Crippen molar-refractivity contribution in [3.8, 4) is 22.6 Å². The molecule has 4 rings (SSSR count). The first-order valence-electron chi connectivity index (χ1n) is 10.1. The van der Waals surface area contributed by atoms with Gasteiger partial charge in [0.15, 0.2) is 5.82 Å². The number of aromatic nitrogens is 4. The summed E-state index contributed by atoms with van der Waals surface area (Å²) >= 11 is 0. The Morgan fingerprint density at radius 1 is 0.914 bits per heavy atom. The molecule has 12 heteroatoms. The summed E-state index contributed by atoms with van der Waals surface area (Å²) in [5, 5.41) is 4.01. The van der Waals surface area contributed by atoms with Crippen LogP contribution in [0.2, 0.25) is 0 Å². The van der Waals surface area contributed by atoms with E-state index in [0.717, 1.165) is 16.8 Å². The Kier molecular flexibility index (Phi) is 6.95. The third-order valence-corrected chi connectivity index (χ3v) is 5.35. The summed E-state index contributed by atoms with van der Waals surface area (Å²) in [6.07, 6.45) is -9.71. The van der Waals surface area contributed by atoms with Crippen molar-refractivity contribution in [2.45, 2.75) is 38.5 Å². The molecule has 1 radical (unpaired) electrons. The van der Waals surface area contributed by atoms with Gasteiger partial charge in [-0.1, -0.05) is 39.0 Å². The fourth-order valence-electron chi connectivity index (χ4n) is 3.89. The molecule has 35 heavy (non-hydrogen) atoms. The molecule has 0 amide bonds. The molecule has 0 saturated carbocycles. The van der Waals surface area contributed by atoms with E-state index in [4.69, 9.17) is 0 Å². The van der Waals surface area contributed by atoms with Gasteiger partial charge in [-0.05, 0) is 23.8 Å². The SMILES string of the molecule is Cn1nc(C(C)(C)C)c(C(F)(F)F)c1-c1nc2cc(-c3ccccc3F)cc(C(F)(F)F)c2[nH]1.[Na]. The van der Waals surface area contributed by atoms with Crippen LogP contribution in [0.5, 0.6) is 0 Å². The second-order valence-electron chi connectivity index (χ2n) is 8.92. The Morgan fingerprint density at radius 3 is 2.09 bits per heavy atom. The third-order valence-electron chi connectivity index (χ3n) is 5.35. The molecule has 2 aromatic heterocycles. The van der Waals surface area contributed by atoms with Crippen molar-refractivity contribution in [3.63, 3.8) is 0 Å². The second-order valence-corrected chi connectivity index (χ2v) is 8.92. The van der Waals surface area contributed by atoms with E-state index in [1.807, 2.05) is 0 Å². The maximum absolute atomic E-state index is 14.3. The molecule has 0 aliphatic carbocycles. The van der Waals surface area contributed by atoms with Gasteiger partial charge in [-0.25, -0.2) is 9.37 Å². The standard InChI is InChI=1S/C23H19F7N4.Na/c1-21(2,3)19-16(23(28,29)30)18(34(4)33-19)20-31-15-10-11(12-7-5-6-8-14(12)24)9-13(17(15)32-20)22(25,26)27;/h5-10H,1-4H3,(H,31,32);. The summed E-state index contributed by atoms with van der Waals surface area (Å²) in [5.74, 6) is -1.17. The third kappa shape index (κ3) is 4.99. The van der Waals surface area contributed by atoms with Gasteiger partial charge < -0.3 is 4.98 Å². The van der Waals surface area contributed by atoms with Gasteiger partial charge in [0.1, 0.15) is 17.1 Å². The summed E-state index contributed by atoms with van der Waals surface area (Å²) in [4.78, 5) is 6.48.